The molecule has 0 aromatic rings. The molecule has 0 aromatic carbocycles. The molecule has 1 heterocycles. The summed E-state index contributed by atoms with van der Waals surface area (Å²) < 4.78 is 26.3. The first-order chi connectivity index (χ1) is 8.46. The maximum atomic E-state index is 12.5. The predicted molar refractivity (Wildman–Crippen MR) is 77.6 cm³/mol. The van der Waals surface area contributed by atoms with Crippen LogP contribution < -0.4 is 0 Å². The minimum Gasteiger partial charge on any atom is -0.480 e. The van der Waals surface area contributed by atoms with E-state index in [2.05, 4.69) is 0 Å². The Labute approximate surface area is 119 Å². The summed E-state index contributed by atoms with van der Waals surface area (Å²) >= 11 is 1.41. The second-order valence-corrected chi connectivity index (χ2v) is 9.49. The Balaban J connectivity index is 3.12. The molecule has 7 heteroatoms. The molecule has 0 spiro atoms. The fourth-order valence-electron chi connectivity index (χ4n) is 2.15. The number of sulfonamides is 1. The molecule has 0 amide bonds. The maximum Gasteiger partial charge on any atom is 0.322 e. The molecular weight excluding hydrogens is 286 g/mol. The Morgan fingerprint density at radius 3 is 2.32 bits per heavy atom. The van der Waals surface area contributed by atoms with Crippen molar-refractivity contribution in [3.63, 3.8) is 0 Å². The highest BCUT2D eigenvalue weighted by molar-refractivity contribution is 8.01. The van der Waals surface area contributed by atoms with Crippen LogP contribution >= 0.6 is 11.8 Å². The van der Waals surface area contributed by atoms with Crippen LogP contribution in [0.25, 0.3) is 0 Å². The lowest BCUT2D eigenvalue weighted by atomic mass is 10.0. The average Bonchev–Trinajstić information content (AvgIpc) is 2.57. The molecule has 19 heavy (non-hydrogen) atoms. The molecule has 2 unspecified atom stereocenters. The van der Waals surface area contributed by atoms with Crippen molar-refractivity contribution in [2.24, 2.45) is 11.3 Å². The summed E-state index contributed by atoms with van der Waals surface area (Å²) in [7, 11) is -3.57. The predicted octanol–water partition coefficient (Wildman–Crippen LogP) is 1.85. The fraction of sp³-hybridized carbons (Fsp3) is 0.917. The van der Waals surface area contributed by atoms with Crippen LogP contribution in [-0.4, -0.2) is 46.7 Å². The molecule has 1 N–H and O–H groups in total. The van der Waals surface area contributed by atoms with Crippen molar-refractivity contribution in [2.45, 2.75) is 46.0 Å². The van der Waals surface area contributed by atoms with E-state index in [1.165, 1.54) is 16.1 Å². The number of carbonyl (C=O) groups is 1. The Morgan fingerprint density at radius 1 is 1.42 bits per heavy atom. The summed E-state index contributed by atoms with van der Waals surface area (Å²) in [5.41, 5.74) is -0.392. The van der Waals surface area contributed by atoms with Gasteiger partial charge in [-0.15, -0.1) is 11.8 Å². The van der Waals surface area contributed by atoms with Gasteiger partial charge >= 0.3 is 5.97 Å². The molecule has 1 saturated heterocycles. The van der Waals surface area contributed by atoms with Gasteiger partial charge in [-0.25, -0.2) is 8.42 Å². The van der Waals surface area contributed by atoms with E-state index in [1.807, 2.05) is 34.6 Å². The third kappa shape index (κ3) is 4.10. The van der Waals surface area contributed by atoms with Crippen molar-refractivity contribution in [3.8, 4) is 0 Å². The third-order valence-electron chi connectivity index (χ3n) is 2.77. The van der Waals surface area contributed by atoms with Gasteiger partial charge in [0.1, 0.15) is 6.04 Å². The van der Waals surface area contributed by atoms with Crippen LogP contribution in [0, 0.1) is 11.3 Å². The number of thioether (sulfide) groups is 1. The number of nitrogens with zero attached hydrogens (tertiary/aromatic N) is 1. The Bertz CT molecular complexity index is 439. The summed E-state index contributed by atoms with van der Waals surface area (Å²) in [6, 6.07) is -0.940. The van der Waals surface area contributed by atoms with Crippen molar-refractivity contribution in [3.05, 3.63) is 0 Å². The monoisotopic (exact) mass is 309 g/mol. The summed E-state index contributed by atoms with van der Waals surface area (Å²) in [6.45, 7) is 9.36. The zero-order valence-electron chi connectivity index (χ0n) is 12.1. The molecule has 0 aliphatic carbocycles. The van der Waals surface area contributed by atoms with E-state index in [-0.39, 0.29) is 17.0 Å². The van der Waals surface area contributed by atoms with Gasteiger partial charge in [-0.05, 0) is 11.3 Å². The molecule has 1 fully saturated rings. The van der Waals surface area contributed by atoms with Crippen molar-refractivity contribution in [1.82, 2.24) is 4.31 Å². The second-order valence-electron chi connectivity index (χ2n) is 6.47. The smallest absolute Gasteiger partial charge is 0.322 e. The lowest BCUT2D eigenvalue weighted by Crippen LogP contribution is -2.49. The lowest BCUT2D eigenvalue weighted by Gasteiger charge is -2.31. The normalized spacial score (nSPS) is 26.0. The number of hydrogen-bond donors (Lipinski definition) is 1. The number of rotatable bonds is 4. The molecule has 0 radical (unpaired) electrons. The van der Waals surface area contributed by atoms with Gasteiger partial charge in [0.2, 0.25) is 10.0 Å². The molecule has 0 bridgehead atoms. The first-order valence-electron chi connectivity index (χ1n) is 6.31. The van der Waals surface area contributed by atoms with Crippen LogP contribution in [0.15, 0.2) is 0 Å². The Kier molecular flexibility index (Phi) is 4.96. The number of hydrogen-bond acceptors (Lipinski definition) is 4. The van der Waals surface area contributed by atoms with E-state index < -0.39 is 27.4 Å². The van der Waals surface area contributed by atoms with Gasteiger partial charge in [0.05, 0.1) is 11.1 Å². The van der Waals surface area contributed by atoms with Gasteiger partial charge < -0.3 is 5.11 Å². The topological polar surface area (TPSA) is 74.7 Å². The van der Waals surface area contributed by atoms with Gasteiger partial charge in [0.25, 0.3) is 0 Å². The standard InChI is InChI=1S/C12H23NO4S2/c1-8(2)10-13(9(6-18-10)11(14)15)19(16,17)7-12(3,4)5/h8-10H,6-7H2,1-5H3,(H,14,15). The van der Waals surface area contributed by atoms with Crippen molar-refractivity contribution < 1.29 is 18.3 Å². The van der Waals surface area contributed by atoms with Crippen molar-refractivity contribution in [1.29, 1.82) is 0 Å². The minimum atomic E-state index is -3.57. The first kappa shape index (κ1) is 16.8. The zero-order chi connectivity index (χ0) is 15.0. The van der Waals surface area contributed by atoms with Crippen LogP contribution in [0.2, 0.25) is 0 Å². The summed E-state index contributed by atoms with van der Waals surface area (Å²) in [6.07, 6.45) is 0. The highest BCUT2D eigenvalue weighted by Crippen LogP contribution is 2.37. The van der Waals surface area contributed by atoms with E-state index >= 15 is 0 Å². The largest absolute Gasteiger partial charge is 0.480 e. The van der Waals surface area contributed by atoms with E-state index in [4.69, 9.17) is 0 Å². The minimum absolute atomic E-state index is 0.0342. The SMILES string of the molecule is CC(C)C1SCC(C(=O)O)N1S(=O)(=O)CC(C)(C)C. The summed E-state index contributed by atoms with van der Waals surface area (Å²) in [5, 5.41) is 8.94. The highest BCUT2D eigenvalue weighted by atomic mass is 32.2. The molecule has 1 aliphatic rings. The number of carboxylic acid groups (broad SMARTS) is 1. The summed E-state index contributed by atoms with van der Waals surface area (Å²) in [4.78, 5) is 11.3. The Morgan fingerprint density at radius 2 is 1.95 bits per heavy atom. The van der Waals surface area contributed by atoms with Gasteiger partial charge in [0.15, 0.2) is 0 Å². The van der Waals surface area contributed by atoms with Gasteiger partial charge in [0, 0.05) is 5.75 Å². The third-order valence-corrected chi connectivity index (χ3v) is 6.88. The van der Waals surface area contributed by atoms with E-state index in [1.54, 1.807) is 0 Å². The van der Waals surface area contributed by atoms with E-state index in [0.29, 0.717) is 5.75 Å². The molecule has 0 aromatic heterocycles. The molecular formula is C12H23NO4S2. The van der Waals surface area contributed by atoms with Crippen LogP contribution in [0.4, 0.5) is 0 Å². The highest BCUT2D eigenvalue weighted by Gasteiger charge is 2.47. The molecule has 5 nitrogen and oxygen atoms in total. The second kappa shape index (κ2) is 5.61. The molecule has 1 rings (SSSR count). The van der Waals surface area contributed by atoms with Crippen molar-refractivity contribution >= 4 is 27.8 Å². The Hall–Kier alpha value is -0.270. The molecule has 112 valence electrons. The molecule has 2 atom stereocenters. The first-order valence-corrected chi connectivity index (χ1v) is 8.97. The van der Waals surface area contributed by atoms with Crippen LogP contribution in [0.3, 0.4) is 0 Å². The summed E-state index contributed by atoms with van der Waals surface area (Å²) in [5.74, 6) is -0.688. The van der Waals surface area contributed by atoms with Gasteiger partial charge in [-0.2, -0.15) is 4.31 Å². The molecule has 0 saturated carbocycles. The number of aliphatic carboxylic acids is 1. The number of carboxylic acids is 1. The van der Waals surface area contributed by atoms with E-state index in [9.17, 15) is 18.3 Å². The van der Waals surface area contributed by atoms with Crippen LogP contribution in [0.1, 0.15) is 34.6 Å². The van der Waals surface area contributed by atoms with Crippen LogP contribution in [-0.2, 0) is 14.8 Å². The van der Waals surface area contributed by atoms with Crippen LogP contribution in [0.5, 0.6) is 0 Å². The van der Waals surface area contributed by atoms with E-state index in [0.717, 1.165) is 0 Å². The quantitative estimate of drug-likeness (QED) is 0.858. The van der Waals surface area contributed by atoms with Crippen molar-refractivity contribution in [2.75, 3.05) is 11.5 Å². The zero-order valence-corrected chi connectivity index (χ0v) is 13.7. The van der Waals surface area contributed by atoms with Gasteiger partial charge in [-0.3, -0.25) is 4.79 Å². The molecule has 1 aliphatic heterocycles. The average molecular weight is 309 g/mol. The lowest BCUT2D eigenvalue weighted by molar-refractivity contribution is -0.140. The fourth-order valence-corrected chi connectivity index (χ4v) is 6.54. The van der Waals surface area contributed by atoms with Gasteiger partial charge in [-0.1, -0.05) is 34.6 Å². The maximum absolute atomic E-state index is 12.5.